The van der Waals surface area contributed by atoms with Crippen molar-refractivity contribution in [2.24, 2.45) is 18.0 Å². The highest BCUT2D eigenvalue weighted by Crippen LogP contribution is 2.19. The Morgan fingerprint density at radius 3 is 2.48 bits per heavy atom. The third-order valence-corrected chi connectivity index (χ3v) is 4.03. The van der Waals surface area contributed by atoms with Crippen molar-refractivity contribution < 1.29 is 0 Å². The van der Waals surface area contributed by atoms with Gasteiger partial charge in [0.05, 0.1) is 16.6 Å². The van der Waals surface area contributed by atoms with Gasteiger partial charge in [-0.1, -0.05) is 44.2 Å². The van der Waals surface area contributed by atoms with Crippen molar-refractivity contribution in [3.05, 3.63) is 74.9 Å². The summed E-state index contributed by atoms with van der Waals surface area (Å²) in [5.41, 5.74) is 1.76. The van der Waals surface area contributed by atoms with Crippen LogP contribution >= 0.6 is 0 Å². The Bertz CT molecular complexity index is 1040. The summed E-state index contributed by atoms with van der Waals surface area (Å²) >= 11 is 0. The first-order chi connectivity index (χ1) is 12.0. The van der Waals surface area contributed by atoms with E-state index in [2.05, 4.69) is 4.99 Å². The quantitative estimate of drug-likeness (QED) is 0.688. The van der Waals surface area contributed by atoms with Gasteiger partial charge in [-0.3, -0.25) is 18.9 Å². The van der Waals surface area contributed by atoms with E-state index in [4.69, 9.17) is 0 Å². The molecule has 0 saturated heterocycles. The third kappa shape index (κ3) is 3.45. The van der Waals surface area contributed by atoms with E-state index in [9.17, 15) is 9.59 Å². The zero-order chi connectivity index (χ0) is 18.0. The van der Waals surface area contributed by atoms with Gasteiger partial charge in [-0.05, 0) is 29.7 Å². The van der Waals surface area contributed by atoms with Crippen LogP contribution in [0.2, 0.25) is 0 Å². The van der Waals surface area contributed by atoms with Gasteiger partial charge in [0.25, 0.3) is 5.56 Å². The normalized spacial score (nSPS) is 11.7. The molecule has 1 heterocycles. The molecule has 0 aliphatic heterocycles. The topological polar surface area (TPSA) is 56.4 Å². The van der Waals surface area contributed by atoms with Crippen LogP contribution in [0.5, 0.6) is 0 Å². The molecule has 128 valence electrons. The summed E-state index contributed by atoms with van der Waals surface area (Å²) in [5.74, 6) is 0.287. The molecule has 0 spiro atoms. The molecule has 0 unspecified atom stereocenters. The number of aliphatic imine (C=N–C) groups is 1. The molecule has 25 heavy (non-hydrogen) atoms. The van der Waals surface area contributed by atoms with E-state index in [0.29, 0.717) is 23.1 Å². The standard InChI is InChI=1S/C20H21N3O2/c1-14(2)13-23-18-11-16(21-12-15-7-5-4-6-8-15)9-10-17(18)19(24)22(3)20(23)25/h4-12,14H,13H2,1-3H3. The van der Waals surface area contributed by atoms with E-state index >= 15 is 0 Å². The van der Waals surface area contributed by atoms with Crippen molar-refractivity contribution in [1.82, 2.24) is 9.13 Å². The minimum absolute atomic E-state index is 0.279. The monoisotopic (exact) mass is 335 g/mol. The largest absolute Gasteiger partial charge is 0.331 e. The molecular weight excluding hydrogens is 314 g/mol. The fourth-order valence-electron chi connectivity index (χ4n) is 2.79. The number of rotatable bonds is 4. The summed E-state index contributed by atoms with van der Waals surface area (Å²) in [5, 5.41) is 0.529. The number of hydrogen-bond acceptors (Lipinski definition) is 3. The molecule has 0 bridgehead atoms. The number of nitrogens with zero attached hydrogens (tertiary/aromatic N) is 3. The third-order valence-electron chi connectivity index (χ3n) is 4.03. The minimum atomic E-state index is -0.296. The lowest BCUT2D eigenvalue weighted by atomic mass is 10.2. The number of aromatic nitrogens is 2. The highest BCUT2D eigenvalue weighted by Gasteiger charge is 2.12. The van der Waals surface area contributed by atoms with E-state index in [-0.39, 0.29) is 17.2 Å². The maximum atomic E-state index is 12.5. The summed E-state index contributed by atoms with van der Waals surface area (Å²) in [6.07, 6.45) is 1.77. The van der Waals surface area contributed by atoms with Gasteiger partial charge in [0, 0.05) is 19.8 Å². The summed E-state index contributed by atoms with van der Waals surface area (Å²) in [7, 11) is 1.52. The molecule has 3 rings (SSSR count). The molecule has 0 aliphatic rings. The maximum absolute atomic E-state index is 12.5. The number of fused-ring (bicyclic) bond motifs is 1. The average molecular weight is 335 g/mol. The molecule has 0 fully saturated rings. The fraction of sp³-hybridized carbons (Fsp3) is 0.250. The number of hydrogen-bond donors (Lipinski definition) is 0. The van der Waals surface area contributed by atoms with Crippen LogP contribution in [0.1, 0.15) is 19.4 Å². The van der Waals surface area contributed by atoms with Crippen LogP contribution < -0.4 is 11.2 Å². The fourth-order valence-corrected chi connectivity index (χ4v) is 2.79. The zero-order valence-electron chi connectivity index (χ0n) is 14.6. The Kier molecular flexibility index (Phi) is 4.65. The second-order valence-electron chi connectivity index (χ2n) is 6.52. The van der Waals surface area contributed by atoms with Crippen molar-refractivity contribution in [3.63, 3.8) is 0 Å². The molecule has 0 saturated carbocycles. The Morgan fingerprint density at radius 1 is 1.08 bits per heavy atom. The van der Waals surface area contributed by atoms with Crippen LogP contribution in [0, 0.1) is 5.92 Å². The molecule has 0 N–H and O–H groups in total. The van der Waals surface area contributed by atoms with Gasteiger partial charge >= 0.3 is 5.69 Å². The van der Waals surface area contributed by atoms with Crippen LogP contribution in [-0.4, -0.2) is 15.3 Å². The van der Waals surface area contributed by atoms with Crippen LogP contribution in [0.4, 0.5) is 5.69 Å². The lowest BCUT2D eigenvalue weighted by Gasteiger charge is -2.14. The van der Waals surface area contributed by atoms with Gasteiger partial charge in [-0.25, -0.2) is 4.79 Å². The molecule has 5 nitrogen and oxygen atoms in total. The smallest absolute Gasteiger partial charge is 0.293 e. The predicted octanol–water partition coefficient (Wildman–Crippen LogP) is 3.11. The molecule has 1 aromatic heterocycles. The molecule has 0 aliphatic carbocycles. The van der Waals surface area contributed by atoms with Gasteiger partial charge in [0.15, 0.2) is 0 Å². The maximum Gasteiger partial charge on any atom is 0.331 e. The molecule has 0 amide bonds. The minimum Gasteiger partial charge on any atom is -0.293 e. The number of benzene rings is 2. The molecule has 0 atom stereocenters. The van der Waals surface area contributed by atoms with E-state index < -0.39 is 0 Å². The van der Waals surface area contributed by atoms with Crippen LogP contribution in [0.25, 0.3) is 10.9 Å². The van der Waals surface area contributed by atoms with Crippen molar-refractivity contribution in [2.75, 3.05) is 0 Å². The van der Waals surface area contributed by atoms with Gasteiger partial charge in [0.2, 0.25) is 0 Å². The van der Waals surface area contributed by atoms with Crippen molar-refractivity contribution in [2.45, 2.75) is 20.4 Å². The average Bonchev–Trinajstić information content (AvgIpc) is 2.62. The van der Waals surface area contributed by atoms with E-state index in [0.717, 1.165) is 10.1 Å². The second kappa shape index (κ2) is 6.89. The van der Waals surface area contributed by atoms with Crippen LogP contribution in [0.15, 0.2) is 63.1 Å². The summed E-state index contributed by atoms with van der Waals surface area (Å²) in [6.45, 7) is 4.64. The highest BCUT2D eigenvalue weighted by atomic mass is 16.2. The van der Waals surface area contributed by atoms with Crippen molar-refractivity contribution in [3.8, 4) is 0 Å². The van der Waals surface area contributed by atoms with E-state index in [1.165, 1.54) is 7.05 Å². The Hall–Kier alpha value is -2.95. The lowest BCUT2D eigenvalue weighted by Crippen LogP contribution is -2.38. The summed E-state index contributed by atoms with van der Waals surface area (Å²) in [6, 6.07) is 15.1. The molecule has 0 radical (unpaired) electrons. The second-order valence-corrected chi connectivity index (χ2v) is 6.52. The molecule has 3 aromatic rings. The first-order valence-corrected chi connectivity index (χ1v) is 8.30. The first kappa shape index (κ1) is 16.9. The van der Waals surface area contributed by atoms with Crippen molar-refractivity contribution in [1.29, 1.82) is 0 Å². The van der Waals surface area contributed by atoms with Gasteiger partial charge in [0.1, 0.15) is 0 Å². The van der Waals surface area contributed by atoms with Crippen LogP contribution in [-0.2, 0) is 13.6 Å². The van der Waals surface area contributed by atoms with Gasteiger partial charge in [-0.2, -0.15) is 0 Å². The summed E-state index contributed by atoms with van der Waals surface area (Å²) in [4.78, 5) is 29.4. The Labute approximate surface area is 145 Å². The first-order valence-electron chi connectivity index (χ1n) is 8.30. The molecule has 5 heteroatoms. The van der Waals surface area contributed by atoms with E-state index in [1.54, 1.807) is 29.0 Å². The Morgan fingerprint density at radius 2 is 1.80 bits per heavy atom. The van der Waals surface area contributed by atoms with Crippen LogP contribution in [0.3, 0.4) is 0 Å². The lowest BCUT2D eigenvalue weighted by molar-refractivity contribution is 0.502. The summed E-state index contributed by atoms with van der Waals surface area (Å²) < 4.78 is 2.82. The van der Waals surface area contributed by atoms with Gasteiger partial charge in [-0.15, -0.1) is 0 Å². The zero-order valence-corrected chi connectivity index (χ0v) is 14.6. The predicted molar refractivity (Wildman–Crippen MR) is 102 cm³/mol. The van der Waals surface area contributed by atoms with E-state index in [1.807, 2.05) is 44.2 Å². The molecular formula is C20H21N3O2. The Balaban J connectivity index is 2.15. The SMILES string of the molecule is CC(C)Cn1c(=O)n(C)c(=O)c2ccc(N=Cc3ccccc3)cc21. The molecule has 2 aromatic carbocycles. The van der Waals surface area contributed by atoms with Gasteiger partial charge < -0.3 is 0 Å². The van der Waals surface area contributed by atoms with Crippen molar-refractivity contribution >= 4 is 22.8 Å². The highest BCUT2D eigenvalue weighted by molar-refractivity contribution is 5.85.